The van der Waals surface area contributed by atoms with Gasteiger partial charge in [0.15, 0.2) is 5.82 Å². The number of piperidine rings is 1. The van der Waals surface area contributed by atoms with Crippen molar-refractivity contribution in [3.05, 3.63) is 11.8 Å². The number of nitrogens with zero attached hydrogens (tertiary/aromatic N) is 2. The van der Waals surface area contributed by atoms with Crippen LogP contribution in [0.3, 0.4) is 0 Å². The summed E-state index contributed by atoms with van der Waals surface area (Å²) < 4.78 is 10.7. The van der Waals surface area contributed by atoms with Crippen LogP contribution in [-0.2, 0) is 14.9 Å². The van der Waals surface area contributed by atoms with Crippen LogP contribution < -0.4 is 5.32 Å². The Hall–Kier alpha value is -2.05. The van der Waals surface area contributed by atoms with Crippen molar-refractivity contribution < 1.29 is 18.8 Å². The minimum absolute atomic E-state index is 0.191. The summed E-state index contributed by atoms with van der Waals surface area (Å²) in [5.74, 6) is 0.791. The van der Waals surface area contributed by atoms with E-state index < -0.39 is 17.7 Å². The SMILES string of the molecule is CC(C)(C)OC(=O)N1CCCCC1C(=O)Nc1cc(C(C)(C)C)on1. The number of aromatic nitrogens is 1. The van der Waals surface area contributed by atoms with E-state index in [4.69, 9.17) is 9.26 Å². The maximum Gasteiger partial charge on any atom is 0.410 e. The zero-order valence-electron chi connectivity index (χ0n) is 16.0. The molecule has 0 spiro atoms. The average molecular weight is 351 g/mol. The molecule has 1 aromatic rings. The molecular formula is C18H29N3O4. The Labute approximate surface area is 149 Å². The molecule has 0 aliphatic carbocycles. The Morgan fingerprint density at radius 1 is 1.24 bits per heavy atom. The molecule has 2 amide bonds. The molecule has 7 nitrogen and oxygen atoms in total. The van der Waals surface area contributed by atoms with Crippen LogP contribution in [0, 0.1) is 0 Å². The fourth-order valence-electron chi connectivity index (χ4n) is 2.64. The summed E-state index contributed by atoms with van der Waals surface area (Å²) in [6, 6.07) is 1.16. The van der Waals surface area contributed by atoms with E-state index in [1.807, 2.05) is 41.5 Å². The van der Waals surface area contributed by atoms with Crippen LogP contribution in [0.1, 0.15) is 66.6 Å². The molecule has 1 N–H and O–H groups in total. The molecule has 7 heteroatoms. The lowest BCUT2D eigenvalue weighted by Gasteiger charge is -2.35. The molecule has 1 atom stereocenters. The first-order valence-corrected chi connectivity index (χ1v) is 8.75. The van der Waals surface area contributed by atoms with Crippen LogP contribution in [0.15, 0.2) is 10.6 Å². The summed E-state index contributed by atoms with van der Waals surface area (Å²) in [5.41, 5.74) is -0.785. The number of ether oxygens (including phenoxy) is 1. The smallest absolute Gasteiger partial charge is 0.410 e. The standard InChI is InChI=1S/C18H29N3O4/c1-17(2,3)13-11-14(20-25-13)19-15(22)12-9-7-8-10-21(12)16(23)24-18(4,5)6/h11-12H,7-10H2,1-6H3,(H,19,20,22). The lowest BCUT2D eigenvalue weighted by Crippen LogP contribution is -2.51. The fraction of sp³-hybridized carbons (Fsp3) is 0.722. The van der Waals surface area contributed by atoms with Crippen molar-refractivity contribution in [1.29, 1.82) is 0 Å². The van der Waals surface area contributed by atoms with Crippen molar-refractivity contribution in [3.8, 4) is 0 Å². The van der Waals surface area contributed by atoms with Crippen LogP contribution in [0.2, 0.25) is 0 Å². The topological polar surface area (TPSA) is 84.7 Å². The van der Waals surface area contributed by atoms with Gasteiger partial charge in [-0.1, -0.05) is 25.9 Å². The number of anilines is 1. The molecule has 1 saturated heterocycles. The van der Waals surface area contributed by atoms with E-state index in [1.165, 1.54) is 4.90 Å². The van der Waals surface area contributed by atoms with Crippen molar-refractivity contribution in [2.45, 2.75) is 77.9 Å². The highest BCUT2D eigenvalue weighted by molar-refractivity contribution is 5.96. The minimum atomic E-state index is -0.594. The van der Waals surface area contributed by atoms with Crippen molar-refractivity contribution in [1.82, 2.24) is 10.1 Å². The number of nitrogens with one attached hydrogen (secondary N) is 1. The summed E-state index contributed by atoms with van der Waals surface area (Å²) in [6.45, 7) is 12.0. The Morgan fingerprint density at radius 2 is 1.92 bits per heavy atom. The van der Waals surface area contributed by atoms with Crippen LogP contribution in [0.25, 0.3) is 0 Å². The van der Waals surface area contributed by atoms with Gasteiger partial charge in [0, 0.05) is 18.0 Å². The molecule has 1 aliphatic rings. The van der Waals surface area contributed by atoms with Crippen molar-refractivity contribution in [3.63, 3.8) is 0 Å². The molecule has 0 aromatic carbocycles. The summed E-state index contributed by atoms with van der Waals surface area (Å²) in [7, 11) is 0. The van der Waals surface area contributed by atoms with E-state index in [0.29, 0.717) is 24.5 Å². The van der Waals surface area contributed by atoms with E-state index in [9.17, 15) is 9.59 Å². The summed E-state index contributed by atoms with van der Waals surface area (Å²) in [4.78, 5) is 26.6. The molecule has 1 aliphatic heterocycles. The van der Waals surface area contributed by atoms with Gasteiger partial charge >= 0.3 is 6.09 Å². The minimum Gasteiger partial charge on any atom is -0.444 e. The molecule has 0 bridgehead atoms. The van der Waals surface area contributed by atoms with Gasteiger partial charge in [-0.25, -0.2) is 4.79 Å². The third-order valence-corrected chi connectivity index (χ3v) is 3.93. The van der Waals surface area contributed by atoms with Crippen molar-refractivity contribution >= 4 is 17.8 Å². The van der Waals surface area contributed by atoms with Gasteiger partial charge in [0.1, 0.15) is 17.4 Å². The molecule has 25 heavy (non-hydrogen) atoms. The summed E-state index contributed by atoms with van der Waals surface area (Å²) >= 11 is 0. The van der Waals surface area contributed by atoms with Crippen LogP contribution in [0.5, 0.6) is 0 Å². The molecule has 1 unspecified atom stereocenters. The fourth-order valence-corrected chi connectivity index (χ4v) is 2.64. The van der Waals surface area contributed by atoms with Crippen LogP contribution >= 0.6 is 0 Å². The third-order valence-electron chi connectivity index (χ3n) is 3.93. The van der Waals surface area contributed by atoms with Gasteiger partial charge in [0.05, 0.1) is 0 Å². The second kappa shape index (κ2) is 7.06. The number of carbonyl (C=O) groups excluding carboxylic acids is 2. The largest absolute Gasteiger partial charge is 0.444 e. The van der Waals surface area contributed by atoms with E-state index >= 15 is 0 Å². The average Bonchev–Trinajstić information content (AvgIpc) is 2.94. The second-order valence-corrected chi connectivity index (χ2v) is 8.50. The Morgan fingerprint density at radius 3 is 2.48 bits per heavy atom. The molecule has 1 aromatic heterocycles. The van der Waals surface area contributed by atoms with Gasteiger partial charge in [-0.15, -0.1) is 0 Å². The van der Waals surface area contributed by atoms with Crippen molar-refractivity contribution in [2.75, 3.05) is 11.9 Å². The van der Waals surface area contributed by atoms with Gasteiger partial charge < -0.3 is 14.6 Å². The zero-order chi connectivity index (χ0) is 18.8. The Balaban J connectivity index is 2.07. The van der Waals surface area contributed by atoms with Crippen molar-refractivity contribution in [2.24, 2.45) is 0 Å². The lowest BCUT2D eigenvalue weighted by atomic mass is 9.93. The molecule has 2 rings (SSSR count). The number of rotatable bonds is 2. The van der Waals surface area contributed by atoms with E-state index in [2.05, 4.69) is 10.5 Å². The third kappa shape index (κ3) is 5.21. The molecule has 0 saturated carbocycles. The monoisotopic (exact) mass is 351 g/mol. The summed E-state index contributed by atoms with van der Waals surface area (Å²) in [5, 5.41) is 6.66. The number of amides is 2. The second-order valence-electron chi connectivity index (χ2n) is 8.50. The first-order valence-electron chi connectivity index (χ1n) is 8.75. The van der Waals surface area contributed by atoms with E-state index in [-0.39, 0.29) is 11.3 Å². The highest BCUT2D eigenvalue weighted by atomic mass is 16.6. The molecule has 1 fully saturated rings. The number of carbonyl (C=O) groups is 2. The van der Waals surface area contributed by atoms with Gasteiger partial charge in [-0.2, -0.15) is 0 Å². The number of hydrogen-bond donors (Lipinski definition) is 1. The Kier molecular flexibility index (Phi) is 5.44. The van der Waals surface area contributed by atoms with Crippen LogP contribution in [0.4, 0.5) is 10.6 Å². The highest BCUT2D eigenvalue weighted by Crippen LogP contribution is 2.25. The Bertz CT molecular complexity index is 625. The van der Waals surface area contributed by atoms with Gasteiger partial charge in [-0.05, 0) is 40.0 Å². The molecule has 2 heterocycles. The number of hydrogen-bond acceptors (Lipinski definition) is 5. The predicted octanol–water partition coefficient (Wildman–Crippen LogP) is 3.70. The number of likely N-dealkylation sites (tertiary alicyclic amines) is 1. The van der Waals surface area contributed by atoms with Crippen LogP contribution in [-0.4, -0.2) is 40.2 Å². The maximum absolute atomic E-state index is 12.7. The zero-order valence-corrected chi connectivity index (χ0v) is 16.0. The first-order chi connectivity index (χ1) is 11.5. The van der Waals surface area contributed by atoms with E-state index in [1.54, 1.807) is 6.07 Å². The normalized spacial score (nSPS) is 18.8. The lowest BCUT2D eigenvalue weighted by molar-refractivity contribution is -0.122. The molecular weight excluding hydrogens is 322 g/mol. The maximum atomic E-state index is 12.7. The quantitative estimate of drug-likeness (QED) is 0.878. The van der Waals surface area contributed by atoms with E-state index in [0.717, 1.165) is 12.8 Å². The molecule has 0 radical (unpaired) electrons. The molecule has 140 valence electrons. The van der Waals surface area contributed by atoms with Gasteiger partial charge in [0.25, 0.3) is 0 Å². The van der Waals surface area contributed by atoms with Gasteiger partial charge in [-0.3, -0.25) is 9.69 Å². The summed E-state index contributed by atoms with van der Waals surface area (Å²) in [6.07, 6.45) is 1.91. The highest BCUT2D eigenvalue weighted by Gasteiger charge is 2.35. The first kappa shape index (κ1) is 19.3. The van der Waals surface area contributed by atoms with Gasteiger partial charge in [0.2, 0.25) is 5.91 Å². The predicted molar refractivity (Wildman–Crippen MR) is 94.4 cm³/mol.